The summed E-state index contributed by atoms with van der Waals surface area (Å²) in [5.41, 5.74) is 8.62. The predicted octanol–water partition coefficient (Wildman–Crippen LogP) is 6.16. The van der Waals surface area contributed by atoms with Crippen molar-refractivity contribution in [3.63, 3.8) is 0 Å². The third-order valence-corrected chi connectivity index (χ3v) is 4.95. The number of anilines is 2. The minimum absolute atomic E-state index is 0.184. The molecule has 1 amide bonds. The maximum atomic E-state index is 12.5. The number of furan rings is 1. The molecule has 0 saturated heterocycles. The Labute approximate surface area is 163 Å². The topological polar surface area (TPSA) is 68.3 Å². The third kappa shape index (κ3) is 3.84. The fourth-order valence-electron chi connectivity index (χ4n) is 2.37. The van der Waals surface area contributed by atoms with Gasteiger partial charge in [0.05, 0.1) is 15.7 Å². The number of nitrogens with two attached hydrogens (primary N) is 1. The molecular formula is C18H13BrCl2N2O2. The van der Waals surface area contributed by atoms with Crippen LogP contribution in [0.25, 0.3) is 11.3 Å². The van der Waals surface area contributed by atoms with Crippen LogP contribution in [-0.4, -0.2) is 5.91 Å². The molecule has 25 heavy (non-hydrogen) atoms. The lowest BCUT2D eigenvalue weighted by atomic mass is 10.1. The van der Waals surface area contributed by atoms with E-state index in [2.05, 4.69) is 21.2 Å². The molecule has 0 aliphatic rings. The molecule has 3 rings (SSSR count). The van der Waals surface area contributed by atoms with Gasteiger partial charge in [0.25, 0.3) is 5.91 Å². The predicted molar refractivity (Wildman–Crippen MR) is 105 cm³/mol. The standard InChI is InChI=1S/C18H13BrCl2N2O2/c1-9-6-11(22)8-12(19)17(9)23-18(24)16-5-4-15(25-16)10-2-3-13(20)14(21)7-10/h2-8H,22H2,1H3,(H,23,24). The molecule has 0 aliphatic carbocycles. The van der Waals surface area contributed by atoms with Gasteiger partial charge in [0.15, 0.2) is 5.76 Å². The molecule has 0 unspecified atom stereocenters. The fraction of sp³-hybridized carbons (Fsp3) is 0.0556. The summed E-state index contributed by atoms with van der Waals surface area (Å²) >= 11 is 15.3. The van der Waals surface area contributed by atoms with E-state index in [0.717, 1.165) is 11.1 Å². The van der Waals surface area contributed by atoms with Gasteiger partial charge >= 0.3 is 0 Å². The molecular weight excluding hydrogens is 427 g/mol. The second kappa shape index (κ2) is 7.12. The Bertz CT molecular complexity index is 946. The van der Waals surface area contributed by atoms with Crippen molar-refractivity contribution < 1.29 is 9.21 Å². The van der Waals surface area contributed by atoms with Crippen LogP contribution in [0.5, 0.6) is 0 Å². The van der Waals surface area contributed by atoms with Gasteiger partial charge in [-0.25, -0.2) is 0 Å². The molecule has 0 spiro atoms. The molecule has 128 valence electrons. The van der Waals surface area contributed by atoms with E-state index in [0.29, 0.717) is 31.7 Å². The van der Waals surface area contributed by atoms with E-state index in [1.165, 1.54) is 0 Å². The summed E-state index contributed by atoms with van der Waals surface area (Å²) in [6, 6.07) is 12.0. The number of halogens is 3. The summed E-state index contributed by atoms with van der Waals surface area (Å²) in [6.07, 6.45) is 0. The largest absolute Gasteiger partial charge is 0.451 e. The van der Waals surface area contributed by atoms with Gasteiger partial charge in [-0.05, 0) is 70.9 Å². The zero-order valence-corrected chi connectivity index (χ0v) is 16.2. The number of carbonyl (C=O) groups excluding carboxylic acids is 1. The summed E-state index contributed by atoms with van der Waals surface area (Å²) < 4.78 is 6.35. The number of hydrogen-bond donors (Lipinski definition) is 2. The third-order valence-electron chi connectivity index (χ3n) is 3.58. The normalized spacial score (nSPS) is 10.7. The van der Waals surface area contributed by atoms with E-state index in [4.69, 9.17) is 33.4 Å². The monoisotopic (exact) mass is 438 g/mol. The Morgan fingerprint density at radius 2 is 1.88 bits per heavy atom. The first-order valence-electron chi connectivity index (χ1n) is 7.27. The summed E-state index contributed by atoms with van der Waals surface area (Å²) in [5, 5.41) is 3.70. The highest BCUT2D eigenvalue weighted by Crippen LogP contribution is 2.31. The Balaban J connectivity index is 1.85. The first-order chi connectivity index (χ1) is 11.8. The molecule has 3 N–H and O–H groups in total. The van der Waals surface area contributed by atoms with Crippen molar-refractivity contribution >= 4 is 56.4 Å². The van der Waals surface area contributed by atoms with Crippen LogP contribution in [0.1, 0.15) is 16.1 Å². The van der Waals surface area contributed by atoms with E-state index in [-0.39, 0.29) is 11.7 Å². The van der Waals surface area contributed by atoms with Gasteiger partial charge in [-0.2, -0.15) is 0 Å². The lowest BCUT2D eigenvalue weighted by Gasteiger charge is -2.10. The molecule has 1 aromatic heterocycles. The van der Waals surface area contributed by atoms with Gasteiger partial charge in [-0.15, -0.1) is 0 Å². The van der Waals surface area contributed by atoms with E-state index < -0.39 is 0 Å². The van der Waals surface area contributed by atoms with Crippen LogP contribution in [0.2, 0.25) is 10.0 Å². The minimum Gasteiger partial charge on any atom is -0.451 e. The minimum atomic E-state index is -0.361. The molecule has 4 nitrogen and oxygen atoms in total. The number of benzene rings is 2. The molecule has 0 fully saturated rings. The van der Waals surface area contributed by atoms with E-state index in [9.17, 15) is 4.79 Å². The number of carbonyl (C=O) groups is 1. The Kier molecular flexibility index (Phi) is 5.08. The van der Waals surface area contributed by atoms with Gasteiger partial charge in [-0.1, -0.05) is 23.2 Å². The molecule has 7 heteroatoms. The zero-order valence-electron chi connectivity index (χ0n) is 13.1. The van der Waals surface area contributed by atoms with Crippen LogP contribution in [0.15, 0.2) is 51.4 Å². The van der Waals surface area contributed by atoms with Crippen molar-refractivity contribution in [2.24, 2.45) is 0 Å². The van der Waals surface area contributed by atoms with Crippen molar-refractivity contribution in [2.45, 2.75) is 6.92 Å². The van der Waals surface area contributed by atoms with E-state index in [1.807, 2.05) is 6.92 Å². The average molecular weight is 440 g/mol. The van der Waals surface area contributed by atoms with Crippen LogP contribution in [-0.2, 0) is 0 Å². The van der Waals surface area contributed by atoms with Crippen LogP contribution in [0, 0.1) is 6.92 Å². The Morgan fingerprint density at radius 3 is 2.56 bits per heavy atom. The first kappa shape index (κ1) is 17.9. The summed E-state index contributed by atoms with van der Waals surface area (Å²) in [5.74, 6) is 0.348. The lowest BCUT2D eigenvalue weighted by molar-refractivity contribution is 0.0997. The van der Waals surface area contributed by atoms with Crippen LogP contribution in [0.3, 0.4) is 0 Å². The first-order valence-corrected chi connectivity index (χ1v) is 8.82. The second-order valence-corrected chi connectivity index (χ2v) is 7.11. The zero-order chi connectivity index (χ0) is 18.1. The van der Waals surface area contributed by atoms with Gasteiger partial charge in [0.1, 0.15) is 5.76 Å². The molecule has 0 aliphatic heterocycles. The number of nitrogens with one attached hydrogen (secondary N) is 1. The summed E-state index contributed by atoms with van der Waals surface area (Å²) in [4.78, 5) is 12.5. The Morgan fingerprint density at radius 1 is 1.12 bits per heavy atom. The average Bonchev–Trinajstić information content (AvgIpc) is 3.03. The fourth-order valence-corrected chi connectivity index (χ4v) is 3.34. The Hall–Kier alpha value is -1.95. The quantitative estimate of drug-likeness (QED) is 0.480. The summed E-state index contributed by atoms with van der Waals surface area (Å²) in [7, 11) is 0. The van der Waals surface area contributed by atoms with Gasteiger partial charge < -0.3 is 15.5 Å². The number of amides is 1. The number of nitrogen functional groups attached to an aromatic ring is 1. The highest BCUT2D eigenvalue weighted by Gasteiger charge is 2.16. The number of rotatable bonds is 3. The molecule has 0 bridgehead atoms. The van der Waals surface area contributed by atoms with Crippen molar-refractivity contribution in [3.05, 3.63) is 68.3 Å². The highest BCUT2D eigenvalue weighted by molar-refractivity contribution is 9.10. The van der Waals surface area contributed by atoms with Crippen LogP contribution in [0.4, 0.5) is 11.4 Å². The summed E-state index contributed by atoms with van der Waals surface area (Å²) in [6.45, 7) is 1.86. The molecule has 0 atom stereocenters. The maximum absolute atomic E-state index is 12.5. The van der Waals surface area contributed by atoms with Crippen LogP contribution >= 0.6 is 39.1 Å². The van der Waals surface area contributed by atoms with Crippen molar-refractivity contribution in [1.29, 1.82) is 0 Å². The SMILES string of the molecule is Cc1cc(N)cc(Br)c1NC(=O)c1ccc(-c2ccc(Cl)c(Cl)c2)o1. The van der Waals surface area contributed by atoms with Gasteiger partial charge in [0.2, 0.25) is 0 Å². The molecule has 2 aromatic carbocycles. The second-order valence-electron chi connectivity index (χ2n) is 5.44. The van der Waals surface area contributed by atoms with Crippen molar-refractivity contribution in [1.82, 2.24) is 0 Å². The smallest absolute Gasteiger partial charge is 0.291 e. The molecule has 1 heterocycles. The van der Waals surface area contributed by atoms with Crippen molar-refractivity contribution in [2.75, 3.05) is 11.1 Å². The lowest BCUT2D eigenvalue weighted by Crippen LogP contribution is -2.12. The number of aryl methyl sites for hydroxylation is 1. The van der Waals surface area contributed by atoms with Crippen LogP contribution < -0.4 is 11.1 Å². The van der Waals surface area contributed by atoms with Gasteiger partial charge in [-0.3, -0.25) is 4.79 Å². The van der Waals surface area contributed by atoms with E-state index in [1.54, 1.807) is 42.5 Å². The maximum Gasteiger partial charge on any atom is 0.291 e. The van der Waals surface area contributed by atoms with E-state index >= 15 is 0 Å². The molecule has 0 saturated carbocycles. The number of hydrogen-bond acceptors (Lipinski definition) is 3. The van der Waals surface area contributed by atoms with Crippen molar-refractivity contribution in [3.8, 4) is 11.3 Å². The molecule has 0 radical (unpaired) electrons. The molecule has 3 aromatic rings. The van der Waals surface area contributed by atoms with Gasteiger partial charge in [0, 0.05) is 15.7 Å². The highest BCUT2D eigenvalue weighted by atomic mass is 79.9.